The van der Waals surface area contributed by atoms with Gasteiger partial charge >= 0.3 is 5.97 Å². The summed E-state index contributed by atoms with van der Waals surface area (Å²) in [6, 6.07) is 9.94. The highest BCUT2D eigenvalue weighted by atomic mass is 79.9. The Kier molecular flexibility index (Phi) is 3.10. The van der Waals surface area contributed by atoms with E-state index in [0.29, 0.717) is 11.8 Å². The van der Waals surface area contributed by atoms with Crippen LogP contribution in [0.25, 0.3) is 0 Å². The number of halogens is 1. The molecule has 1 aromatic carbocycles. The maximum atomic E-state index is 11.4. The summed E-state index contributed by atoms with van der Waals surface area (Å²) in [7, 11) is 0. The number of cyclic esters (lactones) is 1. The zero-order valence-corrected chi connectivity index (χ0v) is 10.00. The Bertz CT molecular complexity index is 350. The maximum absolute atomic E-state index is 11.4. The smallest absolute Gasteiger partial charge is 0.306 e. The zero-order chi connectivity index (χ0) is 10.7. The molecule has 0 saturated carbocycles. The molecular formula is C12H13BrO2. The fraction of sp³-hybridized carbons (Fsp3) is 0.417. The molecule has 0 unspecified atom stereocenters. The quantitative estimate of drug-likeness (QED) is 0.609. The van der Waals surface area contributed by atoms with Gasteiger partial charge in [0.15, 0.2) is 0 Å². The number of alkyl halides is 1. The normalized spacial score (nSPS) is 26.1. The number of carbonyl (C=O) groups is 1. The molecule has 0 amide bonds. The van der Waals surface area contributed by atoms with Gasteiger partial charge in [-0.25, -0.2) is 0 Å². The Morgan fingerprint density at radius 1 is 1.33 bits per heavy atom. The van der Waals surface area contributed by atoms with Crippen LogP contribution in [0.15, 0.2) is 30.3 Å². The van der Waals surface area contributed by atoms with Gasteiger partial charge in [-0.05, 0) is 18.4 Å². The molecule has 1 atom stereocenters. The van der Waals surface area contributed by atoms with Crippen molar-refractivity contribution in [1.29, 1.82) is 0 Å². The molecule has 0 spiro atoms. The molecule has 15 heavy (non-hydrogen) atoms. The lowest BCUT2D eigenvalue weighted by atomic mass is 9.88. The first kappa shape index (κ1) is 10.7. The van der Waals surface area contributed by atoms with E-state index in [1.54, 1.807) is 0 Å². The topological polar surface area (TPSA) is 26.3 Å². The number of esters is 1. The van der Waals surface area contributed by atoms with Gasteiger partial charge in [-0.2, -0.15) is 0 Å². The minimum Gasteiger partial charge on any atom is -0.453 e. The largest absolute Gasteiger partial charge is 0.453 e. The molecule has 1 aliphatic rings. The average Bonchev–Trinajstić information content (AvgIpc) is 2.30. The summed E-state index contributed by atoms with van der Waals surface area (Å²) in [6.45, 7) is 0. The fourth-order valence-electron chi connectivity index (χ4n) is 1.95. The Hall–Kier alpha value is -0.830. The number of hydrogen-bond acceptors (Lipinski definition) is 2. The molecule has 0 bridgehead atoms. The number of ether oxygens (including phenoxy) is 1. The molecule has 1 heterocycles. The van der Waals surface area contributed by atoms with Gasteiger partial charge in [-0.1, -0.05) is 46.3 Å². The van der Waals surface area contributed by atoms with E-state index in [1.165, 1.54) is 0 Å². The second kappa shape index (κ2) is 4.35. The lowest BCUT2D eigenvalue weighted by molar-refractivity contribution is -0.165. The van der Waals surface area contributed by atoms with E-state index in [0.717, 1.165) is 18.4 Å². The van der Waals surface area contributed by atoms with Crippen molar-refractivity contribution in [2.45, 2.75) is 24.9 Å². The third-order valence-corrected chi connectivity index (χ3v) is 3.69. The Labute approximate surface area is 97.8 Å². The van der Waals surface area contributed by atoms with E-state index in [1.807, 2.05) is 30.3 Å². The highest BCUT2D eigenvalue weighted by molar-refractivity contribution is 9.09. The minimum absolute atomic E-state index is 0.0930. The van der Waals surface area contributed by atoms with E-state index in [2.05, 4.69) is 15.9 Å². The van der Waals surface area contributed by atoms with Crippen molar-refractivity contribution >= 4 is 21.9 Å². The number of rotatable bonds is 2. The molecule has 2 nitrogen and oxygen atoms in total. The van der Waals surface area contributed by atoms with Gasteiger partial charge in [0, 0.05) is 11.8 Å². The van der Waals surface area contributed by atoms with Crippen molar-refractivity contribution in [1.82, 2.24) is 0 Å². The van der Waals surface area contributed by atoms with E-state index in [4.69, 9.17) is 4.74 Å². The van der Waals surface area contributed by atoms with Gasteiger partial charge in [-0.15, -0.1) is 0 Å². The van der Waals surface area contributed by atoms with E-state index < -0.39 is 5.60 Å². The van der Waals surface area contributed by atoms with Crippen molar-refractivity contribution in [3.8, 4) is 0 Å². The Morgan fingerprint density at radius 3 is 2.67 bits per heavy atom. The SMILES string of the molecule is O=C1CCC[C@](CBr)(c2ccccc2)O1. The highest BCUT2D eigenvalue weighted by Crippen LogP contribution is 2.37. The van der Waals surface area contributed by atoms with Crippen LogP contribution in [-0.4, -0.2) is 11.3 Å². The molecule has 0 aliphatic carbocycles. The highest BCUT2D eigenvalue weighted by Gasteiger charge is 2.37. The first-order valence-corrected chi connectivity index (χ1v) is 6.22. The summed E-state index contributed by atoms with van der Waals surface area (Å²) in [5.74, 6) is -0.0930. The molecule has 3 heteroatoms. The summed E-state index contributed by atoms with van der Waals surface area (Å²) >= 11 is 3.46. The lowest BCUT2D eigenvalue weighted by Gasteiger charge is -2.35. The first-order chi connectivity index (χ1) is 7.27. The minimum atomic E-state index is -0.448. The molecule has 0 aromatic heterocycles. The van der Waals surface area contributed by atoms with Crippen LogP contribution in [0.2, 0.25) is 0 Å². The van der Waals surface area contributed by atoms with Crippen LogP contribution in [0, 0.1) is 0 Å². The van der Waals surface area contributed by atoms with Crippen LogP contribution in [0.5, 0.6) is 0 Å². The van der Waals surface area contributed by atoms with Crippen LogP contribution in [0.3, 0.4) is 0 Å². The standard InChI is InChI=1S/C12H13BrO2/c13-9-12(8-4-7-11(14)15-12)10-5-2-1-3-6-10/h1-3,5-6H,4,7-9H2/t12-/m0/s1. The van der Waals surface area contributed by atoms with E-state index >= 15 is 0 Å². The number of carbonyl (C=O) groups excluding carboxylic acids is 1. The first-order valence-electron chi connectivity index (χ1n) is 5.10. The Morgan fingerprint density at radius 2 is 2.07 bits per heavy atom. The molecule has 80 valence electrons. The van der Waals surface area contributed by atoms with Crippen molar-refractivity contribution in [3.05, 3.63) is 35.9 Å². The molecule has 1 aliphatic heterocycles. The molecule has 1 aromatic rings. The van der Waals surface area contributed by atoms with Gasteiger partial charge in [0.2, 0.25) is 0 Å². The van der Waals surface area contributed by atoms with Gasteiger partial charge in [-0.3, -0.25) is 4.79 Å². The predicted octanol–water partition coefficient (Wildman–Crippen LogP) is 3.00. The van der Waals surface area contributed by atoms with Crippen LogP contribution in [-0.2, 0) is 15.1 Å². The van der Waals surface area contributed by atoms with Gasteiger partial charge in [0.1, 0.15) is 5.60 Å². The third-order valence-electron chi connectivity index (χ3n) is 2.79. The molecular weight excluding hydrogens is 256 g/mol. The van der Waals surface area contributed by atoms with Crippen molar-refractivity contribution in [2.75, 3.05) is 5.33 Å². The molecule has 1 saturated heterocycles. The molecule has 2 rings (SSSR count). The van der Waals surface area contributed by atoms with E-state index in [-0.39, 0.29) is 5.97 Å². The summed E-state index contributed by atoms with van der Waals surface area (Å²) < 4.78 is 5.52. The average molecular weight is 269 g/mol. The number of benzene rings is 1. The van der Waals surface area contributed by atoms with Crippen molar-refractivity contribution < 1.29 is 9.53 Å². The Balaban J connectivity index is 2.32. The van der Waals surface area contributed by atoms with Crippen LogP contribution in [0.1, 0.15) is 24.8 Å². The van der Waals surface area contributed by atoms with Gasteiger partial charge < -0.3 is 4.74 Å². The van der Waals surface area contributed by atoms with Crippen LogP contribution >= 0.6 is 15.9 Å². The second-order valence-corrected chi connectivity index (χ2v) is 4.38. The fourth-order valence-corrected chi connectivity index (χ4v) is 2.67. The molecule has 0 N–H and O–H groups in total. The van der Waals surface area contributed by atoms with Crippen LogP contribution in [0.4, 0.5) is 0 Å². The van der Waals surface area contributed by atoms with Crippen molar-refractivity contribution in [3.63, 3.8) is 0 Å². The molecule has 0 radical (unpaired) electrons. The summed E-state index contributed by atoms with van der Waals surface area (Å²) in [5.41, 5.74) is 0.631. The molecule has 1 fully saturated rings. The second-order valence-electron chi connectivity index (χ2n) is 3.82. The monoisotopic (exact) mass is 268 g/mol. The van der Waals surface area contributed by atoms with Crippen molar-refractivity contribution in [2.24, 2.45) is 0 Å². The van der Waals surface area contributed by atoms with Gasteiger partial charge in [0.05, 0.1) is 0 Å². The number of hydrogen-bond donors (Lipinski definition) is 0. The summed E-state index contributed by atoms with van der Waals surface area (Å²) in [4.78, 5) is 11.4. The van der Waals surface area contributed by atoms with E-state index in [9.17, 15) is 4.79 Å². The third kappa shape index (κ3) is 2.07. The summed E-state index contributed by atoms with van der Waals surface area (Å²) in [6.07, 6.45) is 2.34. The summed E-state index contributed by atoms with van der Waals surface area (Å²) in [5, 5.41) is 0.662. The lowest BCUT2D eigenvalue weighted by Crippen LogP contribution is -2.37. The van der Waals surface area contributed by atoms with Gasteiger partial charge in [0.25, 0.3) is 0 Å². The maximum Gasteiger partial charge on any atom is 0.306 e. The predicted molar refractivity (Wildman–Crippen MR) is 61.9 cm³/mol. The van der Waals surface area contributed by atoms with Crippen LogP contribution < -0.4 is 0 Å². The zero-order valence-electron chi connectivity index (χ0n) is 8.41.